The molecule has 0 saturated heterocycles. The molecule has 1 aromatic heterocycles. The lowest BCUT2D eigenvalue weighted by Crippen LogP contribution is -1.95. The number of phenols is 1. The molecule has 22 heavy (non-hydrogen) atoms. The average molecular weight is 331 g/mol. The summed E-state index contributed by atoms with van der Waals surface area (Å²) in [6, 6.07) is 14.0. The molecule has 2 aromatic carbocycles. The zero-order valence-electron chi connectivity index (χ0n) is 11.3. The summed E-state index contributed by atoms with van der Waals surface area (Å²) in [5.41, 5.74) is 1.59. The molecule has 5 nitrogen and oxygen atoms in total. The van der Waals surface area contributed by atoms with E-state index in [4.69, 9.17) is 23.8 Å². The van der Waals surface area contributed by atoms with Crippen molar-refractivity contribution in [2.24, 2.45) is 5.10 Å². The summed E-state index contributed by atoms with van der Waals surface area (Å²) in [4.78, 5) is 0. The van der Waals surface area contributed by atoms with E-state index in [1.165, 1.54) is 4.68 Å². The Labute approximate surface area is 136 Å². The van der Waals surface area contributed by atoms with Crippen LogP contribution in [0.5, 0.6) is 5.75 Å². The van der Waals surface area contributed by atoms with E-state index in [1.54, 1.807) is 36.5 Å². The molecule has 0 atom stereocenters. The minimum Gasteiger partial charge on any atom is -0.508 e. The van der Waals surface area contributed by atoms with Crippen LogP contribution in [0.2, 0.25) is 5.02 Å². The van der Waals surface area contributed by atoms with Crippen molar-refractivity contribution in [2.45, 2.75) is 0 Å². The predicted molar refractivity (Wildman–Crippen MR) is 89.0 cm³/mol. The average Bonchev–Trinajstić information content (AvgIpc) is 2.87. The maximum atomic E-state index is 9.46. The number of nitrogens with one attached hydrogen (secondary N) is 1. The van der Waals surface area contributed by atoms with Crippen molar-refractivity contribution >= 4 is 30.0 Å². The number of aromatic nitrogens is 3. The van der Waals surface area contributed by atoms with Crippen LogP contribution in [0, 0.1) is 4.77 Å². The third-order valence-corrected chi connectivity index (χ3v) is 3.46. The molecule has 0 aliphatic heterocycles. The number of halogens is 1. The number of benzene rings is 2. The topological polar surface area (TPSA) is 66.2 Å². The van der Waals surface area contributed by atoms with Crippen molar-refractivity contribution in [3.05, 3.63) is 63.9 Å². The van der Waals surface area contributed by atoms with Gasteiger partial charge >= 0.3 is 0 Å². The summed E-state index contributed by atoms with van der Waals surface area (Å²) in [7, 11) is 0. The summed E-state index contributed by atoms with van der Waals surface area (Å²) >= 11 is 11.1. The first-order valence-electron chi connectivity index (χ1n) is 6.40. The Morgan fingerprint density at radius 3 is 2.73 bits per heavy atom. The van der Waals surface area contributed by atoms with E-state index in [-0.39, 0.29) is 5.75 Å². The van der Waals surface area contributed by atoms with Crippen molar-refractivity contribution in [1.29, 1.82) is 0 Å². The van der Waals surface area contributed by atoms with Crippen LogP contribution in [0.15, 0.2) is 53.6 Å². The molecule has 0 amide bonds. The summed E-state index contributed by atoms with van der Waals surface area (Å²) in [6.07, 6.45) is 1.60. The van der Waals surface area contributed by atoms with Crippen molar-refractivity contribution in [2.75, 3.05) is 0 Å². The van der Waals surface area contributed by atoms with Gasteiger partial charge in [-0.2, -0.15) is 14.9 Å². The highest BCUT2D eigenvalue weighted by Gasteiger charge is 2.07. The predicted octanol–water partition coefficient (Wildman–Crippen LogP) is 3.85. The summed E-state index contributed by atoms with van der Waals surface area (Å²) in [6.45, 7) is 0. The molecule has 7 heteroatoms. The van der Waals surface area contributed by atoms with Gasteiger partial charge in [-0.05, 0) is 54.2 Å². The van der Waals surface area contributed by atoms with Crippen LogP contribution >= 0.6 is 23.8 Å². The molecular weight excluding hydrogens is 320 g/mol. The van der Waals surface area contributed by atoms with Crippen LogP contribution < -0.4 is 0 Å². The Morgan fingerprint density at radius 1 is 1.23 bits per heavy atom. The van der Waals surface area contributed by atoms with Crippen LogP contribution in [0.3, 0.4) is 0 Å². The Kier molecular flexibility index (Phi) is 4.04. The van der Waals surface area contributed by atoms with Crippen molar-refractivity contribution in [3.8, 4) is 17.1 Å². The van der Waals surface area contributed by atoms with Crippen LogP contribution in [-0.2, 0) is 0 Å². The molecule has 2 N–H and O–H groups in total. The number of hydrogen-bond donors (Lipinski definition) is 2. The van der Waals surface area contributed by atoms with Gasteiger partial charge in [-0.15, -0.1) is 0 Å². The third-order valence-electron chi connectivity index (χ3n) is 2.95. The molecule has 110 valence electrons. The maximum Gasteiger partial charge on any atom is 0.216 e. The third kappa shape index (κ3) is 3.08. The number of H-pyrrole nitrogens is 1. The minimum absolute atomic E-state index is 0.178. The first-order chi connectivity index (χ1) is 10.6. The second-order valence-electron chi connectivity index (χ2n) is 4.51. The largest absolute Gasteiger partial charge is 0.508 e. The number of hydrogen-bond acceptors (Lipinski definition) is 4. The zero-order chi connectivity index (χ0) is 15.5. The molecule has 0 aliphatic carbocycles. The van der Waals surface area contributed by atoms with E-state index in [1.807, 2.05) is 18.2 Å². The van der Waals surface area contributed by atoms with Gasteiger partial charge < -0.3 is 5.11 Å². The molecule has 0 radical (unpaired) electrons. The molecule has 0 fully saturated rings. The van der Waals surface area contributed by atoms with Crippen LogP contribution in [0.1, 0.15) is 5.56 Å². The van der Waals surface area contributed by atoms with Gasteiger partial charge in [-0.25, -0.2) is 5.10 Å². The molecule has 0 bridgehead atoms. The Morgan fingerprint density at radius 2 is 2.00 bits per heavy atom. The van der Waals surface area contributed by atoms with E-state index < -0.39 is 0 Å². The number of nitrogens with zero attached hydrogens (tertiary/aromatic N) is 3. The Bertz CT molecular complexity index is 883. The van der Waals surface area contributed by atoms with Gasteiger partial charge in [0.1, 0.15) is 5.75 Å². The highest BCUT2D eigenvalue weighted by Crippen LogP contribution is 2.20. The Hall–Kier alpha value is -2.44. The SMILES string of the molecule is Oc1cccc(/C=N\n2c(-c3ccc(Cl)cc3)n[nH]c2=S)c1. The van der Waals surface area contributed by atoms with E-state index in [9.17, 15) is 5.11 Å². The van der Waals surface area contributed by atoms with Gasteiger partial charge in [0.25, 0.3) is 0 Å². The summed E-state index contributed by atoms with van der Waals surface area (Å²) in [5, 5.41) is 21.3. The van der Waals surface area contributed by atoms with Crippen LogP contribution in [-0.4, -0.2) is 26.2 Å². The van der Waals surface area contributed by atoms with Gasteiger partial charge in [-0.1, -0.05) is 23.7 Å². The maximum absolute atomic E-state index is 9.46. The molecule has 3 rings (SSSR count). The van der Waals surface area contributed by atoms with Gasteiger partial charge in [0, 0.05) is 10.6 Å². The highest BCUT2D eigenvalue weighted by molar-refractivity contribution is 7.71. The van der Waals surface area contributed by atoms with Gasteiger partial charge in [0.15, 0.2) is 5.82 Å². The first kappa shape index (κ1) is 14.5. The monoisotopic (exact) mass is 330 g/mol. The lowest BCUT2D eigenvalue weighted by molar-refractivity contribution is 0.475. The fraction of sp³-hybridized carbons (Fsp3) is 0. The second kappa shape index (κ2) is 6.13. The first-order valence-corrected chi connectivity index (χ1v) is 7.19. The molecule has 3 aromatic rings. The van der Waals surface area contributed by atoms with E-state index in [2.05, 4.69) is 15.3 Å². The smallest absolute Gasteiger partial charge is 0.216 e. The van der Waals surface area contributed by atoms with E-state index in [0.29, 0.717) is 15.6 Å². The van der Waals surface area contributed by atoms with Gasteiger partial charge in [0.2, 0.25) is 4.77 Å². The normalized spacial score (nSPS) is 11.1. The van der Waals surface area contributed by atoms with Gasteiger partial charge in [0.05, 0.1) is 6.21 Å². The fourth-order valence-corrected chi connectivity index (χ4v) is 2.22. The lowest BCUT2D eigenvalue weighted by atomic mass is 10.2. The zero-order valence-corrected chi connectivity index (χ0v) is 12.8. The molecular formula is C15H11ClN4OS. The molecule has 0 unspecified atom stereocenters. The lowest BCUT2D eigenvalue weighted by Gasteiger charge is -2.01. The highest BCUT2D eigenvalue weighted by atomic mass is 35.5. The molecule has 0 spiro atoms. The van der Waals surface area contributed by atoms with E-state index >= 15 is 0 Å². The summed E-state index contributed by atoms with van der Waals surface area (Å²) in [5.74, 6) is 0.760. The molecule has 0 aliphatic rings. The van der Waals surface area contributed by atoms with Gasteiger partial charge in [-0.3, -0.25) is 0 Å². The quantitative estimate of drug-likeness (QED) is 0.566. The number of aromatic hydroxyl groups is 1. The second-order valence-corrected chi connectivity index (χ2v) is 5.33. The number of phenolic OH excluding ortho intramolecular Hbond substituents is 1. The van der Waals surface area contributed by atoms with Crippen LogP contribution in [0.4, 0.5) is 0 Å². The fourth-order valence-electron chi connectivity index (χ4n) is 1.91. The van der Waals surface area contributed by atoms with Crippen molar-refractivity contribution in [1.82, 2.24) is 14.9 Å². The standard InChI is InChI=1S/C15H11ClN4OS/c16-12-6-4-11(5-7-12)14-18-19-15(22)20(14)17-9-10-2-1-3-13(21)8-10/h1-9,21H,(H,19,22)/b17-9-. The van der Waals surface area contributed by atoms with Crippen molar-refractivity contribution < 1.29 is 5.11 Å². The molecule has 1 heterocycles. The minimum atomic E-state index is 0.178. The summed E-state index contributed by atoms with van der Waals surface area (Å²) < 4.78 is 1.89. The van der Waals surface area contributed by atoms with Crippen molar-refractivity contribution in [3.63, 3.8) is 0 Å². The Balaban J connectivity index is 1.99. The van der Waals surface area contributed by atoms with Crippen LogP contribution in [0.25, 0.3) is 11.4 Å². The number of rotatable bonds is 3. The van der Waals surface area contributed by atoms with E-state index in [0.717, 1.165) is 11.1 Å². The number of aromatic amines is 1. The molecule has 0 saturated carbocycles.